The predicted molar refractivity (Wildman–Crippen MR) is 45.7 cm³/mol. The zero-order valence-corrected chi connectivity index (χ0v) is 8.71. The molecular weight excluding hydrogens is 252 g/mol. The van der Waals surface area contributed by atoms with Crippen LogP contribution in [-0.2, 0) is 9.13 Å². The number of rotatable bonds is 4. The molecule has 6 N–H and O–H groups in total. The van der Waals surface area contributed by atoms with Gasteiger partial charge in [0.15, 0.2) is 0 Å². The van der Waals surface area contributed by atoms with Crippen LogP contribution in [0.1, 0.15) is 0 Å². The van der Waals surface area contributed by atoms with Crippen LogP contribution < -0.4 is 5.32 Å². The lowest BCUT2D eigenvalue weighted by Gasteiger charge is -2.19. The molecule has 0 aliphatic heterocycles. The molecule has 0 unspecified atom stereocenters. The van der Waals surface area contributed by atoms with E-state index in [9.17, 15) is 9.13 Å². The van der Waals surface area contributed by atoms with Gasteiger partial charge in [-0.3, -0.25) is 9.13 Å². The van der Waals surface area contributed by atoms with Gasteiger partial charge < -0.3 is 24.9 Å². The minimum absolute atomic E-state index is 0.424. The Labute approximate surface area is 82.2 Å². The number of H-pyrrole nitrogens is 1. The molecule has 1 rings (SSSR count). The number of nitrogens with one attached hydrogen (secondary N) is 2. The van der Waals surface area contributed by atoms with E-state index in [1.165, 1.54) is 0 Å². The van der Waals surface area contributed by atoms with Gasteiger partial charge >= 0.3 is 15.2 Å². The lowest BCUT2D eigenvalue weighted by Crippen LogP contribution is -2.20. The lowest BCUT2D eigenvalue weighted by atomic mass is 11.0. The van der Waals surface area contributed by atoms with Crippen molar-refractivity contribution >= 4 is 21.1 Å². The molecule has 13 heteroatoms. The second-order valence-corrected chi connectivity index (χ2v) is 6.23. The third-order valence-corrected chi connectivity index (χ3v) is 4.58. The Bertz CT molecular complexity index is 383. The average molecular weight is 259 g/mol. The van der Waals surface area contributed by atoms with Crippen molar-refractivity contribution in [2.45, 2.75) is 5.52 Å². The van der Waals surface area contributed by atoms with E-state index < -0.39 is 26.7 Å². The van der Waals surface area contributed by atoms with Crippen molar-refractivity contribution < 1.29 is 28.7 Å². The first-order valence-corrected chi connectivity index (χ1v) is 6.68. The molecule has 0 aliphatic rings. The molecule has 0 saturated carbocycles. The van der Waals surface area contributed by atoms with Crippen molar-refractivity contribution in [3.63, 3.8) is 0 Å². The summed E-state index contributed by atoms with van der Waals surface area (Å²) >= 11 is 0. The molecule has 1 heterocycles. The van der Waals surface area contributed by atoms with Gasteiger partial charge in [-0.2, -0.15) is 5.21 Å². The Balaban J connectivity index is 2.95. The SMILES string of the molecule is O=P(O)(O)C(Nc1nn[nH]n1)P(=O)(O)O. The van der Waals surface area contributed by atoms with Crippen LogP contribution in [0.4, 0.5) is 5.95 Å². The predicted octanol–water partition coefficient (Wildman–Crippen LogP) is -1.75. The van der Waals surface area contributed by atoms with Crippen LogP contribution >= 0.6 is 15.2 Å². The van der Waals surface area contributed by atoms with E-state index in [0.29, 0.717) is 0 Å². The second-order valence-electron chi connectivity index (χ2n) is 2.43. The quantitative estimate of drug-likeness (QED) is 0.339. The molecule has 0 spiro atoms. The number of hydrogen-bond acceptors (Lipinski definition) is 6. The maximum Gasteiger partial charge on any atom is 0.360 e. The number of aromatic amines is 1. The second kappa shape index (κ2) is 3.97. The molecule has 1 aromatic heterocycles. The summed E-state index contributed by atoms with van der Waals surface area (Å²) in [5.74, 6) is -0.424. The van der Waals surface area contributed by atoms with E-state index in [1.807, 2.05) is 5.21 Å². The third-order valence-electron chi connectivity index (χ3n) is 1.24. The fourth-order valence-corrected chi connectivity index (χ4v) is 2.84. The first-order chi connectivity index (χ1) is 6.71. The fourth-order valence-electron chi connectivity index (χ4n) is 0.703. The summed E-state index contributed by atoms with van der Waals surface area (Å²) in [5, 5.41) is 13.2. The molecule has 0 aromatic carbocycles. The van der Waals surface area contributed by atoms with Crippen LogP contribution in [0.3, 0.4) is 0 Å². The Morgan fingerprint density at radius 2 is 1.73 bits per heavy atom. The summed E-state index contributed by atoms with van der Waals surface area (Å²) in [4.78, 5) is 34.7. The summed E-state index contributed by atoms with van der Waals surface area (Å²) in [6.07, 6.45) is 0. The normalized spacial score (nSPS) is 13.1. The Kier molecular flexibility index (Phi) is 3.24. The first-order valence-electron chi connectivity index (χ1n) is 3.31. The van der Waals surface area contributed by atoms with Crippen molar-refractivity contribution in [1.82, 2.24) is 20.6 Å². The lowest BCUT2D eigenvalue weighted by molar-refractivity contribution is 0.343. The standard InChI is InChI=1S/C2H7N5O6P2/c8-14(9,10)2(15(11,12)13)3-1-4-6-7-5-1/h2H,(H2,8,9,10)(H2,11,12,13)(H2,3,4,5,6,7). The molecule has 0 saturated heterocycles. The zero-order valence-electron chi connectivity index (χ0n) is 6.92. The molecule has 0 amide bonds. The van der Waals surface area contributed by atoms with Gasteiger partial charge in [0.05, 0.1) is 0 Å². The summed E-state index contributed by atoms with van der Waals surface area (Å²) in [6.45, 7) is 0. The summed E-state index contributed by atoms with van der Waals surface area (Å²) in [5.41, 5.74) is -2.39. The van der Waals surface area contributed by atoms with Crippen LogP contribution in [0.15, 0.2) is 0 Å². The highest BCUT2D eigenvalue weighted by Gasteiger charge is 2.44. The van der Waals surface area contributed by atoms with Crippen LogP contribution in [0.2, 0.25) is 0 Å². The molecular formula is C2H7N5O6P2. The van der Waals surface area contributed by atoms with Gasteiger partial charge in [-0.1, -0.05) is 5.10 Å². The average Bonchev–Trinajstić information content (AvgIpc) is 2.46. The highest BCUT2D eigenvalue weighted by Crippen LogP contribution is 2.59. The summed E-state index contributed by atoms with van der Waals surface area (Å²) in [7, 11) is -10.1. The van der Waals surface area contributed by atoms with E-state index in [2.05, 4.69) is 15.4 Å². The largest absolute Gasteiger partial charge is 0.360 e. The molecule has 1 aromatic rings. The van der Waals surface area contributed by atoms with Gasteiger partial charge in [0.2, 0.25) is 5.52 Å². The molecule has 0 atom stereocenters. The van der Waals surface area contributed by atoms with Crippen LogP contribution in [0.5, 0.6) is 0 Å². The van der Waals surface area contributed by atoms with Gasteiger partial charge in [-0.25, -0.2) is 0 Å². The molecule has 0 fully saturated rings. The summed E-state index contributed by atoms with van der Waals surface area (Å²) < 4.78 is 21.5. The third kappa shape index (κ3) is 3.34. The first kappa shape index (κ1) is 12.2. The van der Waals surface area contributed by atoms with E-state index >= 15 is 0 Å². The molecule has 86 valence electrons. The minimum Gasteiger partial charge on any atom is -0.328 e. The minimum atomic E-state index is -5.03. The number of aromatic nitrogens is 4. The van der Waals surface area contributed by atoms with Crippen molar-refractivity contribution in [3.05, 3.63) is 0 Å². The van der Waals surface area contributed by atoms with Crippen LogP contribution in [-0.4, -0.2) is 45.7 Å². The smallest absolute Gasteiger partial charge is 0.328 e. The maximum absolute atomic E-state index is 10.8. The summed E-state index contributed by atoms with van der Waals surface area (Å²) in [6, 6.07) is 0. The zero-order chi connectivity index (χ0) is 11.7. The molecule has 0 radical (unpaired) electrons. The number of tetrazole rings is 1. The Morgan fingerprint density at radius 3 is 2.07 bits per heavy atom. The van der Waals surface area contributed by atoms with Crippen molar-refractivity contribution in [1.29, 1.82) is 0 Å². The number of anilines is 1. The molecule has 11 nitrogen and oxygen atoms in total. The topological polar surface area (TPSA) is 182 Å². The van der Waals surface area contributed by atoms with E-state index in [0.717, 1.165) is 0 Å². The number of nitrogens with zero attached hydrogens (tertiary/aromatic N) is 3. The fraction of sp³-hybridized carbons (Fsp3) is 0.500. The molecule has 0 bridgehead atoms. The molecule has 15 heavy (non-hydrogen) atoms. The molecule has 0 aliphatic carbocycles. The van der Waals surface area contributed by atoms with E-state index in [1.54, 1.807) is 5.32 Å². The van der Waals surface area contributed by atoms with Crippen molar-refractivity contribution in [2.24, 2.45) is 0 Å². The highest BCUT2D eigenvalue weighted by atomic mass is 31.2. The van der Waals surface area contributed by atoms with Crippen LogP contribution in [0, 0.1) is 0 Å². The van der Waals surface area contributed by atoms with Crippen molar-refractivity contribution in [2.75, 3.05) is 5.32 Å². The van der Waals surface area contributed by atoms with Gasteiger partial charge in [-0.05, 0) is 5.21 Å². The van der Waals surface area contributed by atoms with Gasteiger partial charge in [0, 0.05) is 0 Å². The van der Waals surface area contributed by atoms with E-state index in [-0.39, 0.29) is 0 Å². The maximum atomic E-state index is 10.8. The van der Waals surface area contributed by atoms with Gasteiger partial charge in [-0.15, -0.1) is 5.10 Å². The Hall–Kier alpha value is -0.830. The monoisotopic (exact) mass is 259 g/mol. The van der Waals surface area contributed by atoms with Crippen molar-refractivity contribution in [3.8, 4) is 0 Å². The van der Waals surface area contributed by atoms with Gasteiger partial charge in [0.25, 0.3) is 5.95 Å². The highest BCUT2D eigenvalue weighted by molar-refractivity contribution is 7.71. The van der Waals surface area contributed by atoms with Crippen LogP contribution in [0.25, 0.3) is 0 Å². The number of hydrogen-bond donors (Lipinski definition) is 6. The van der Waals surface area contributed by atoms with E-state index in [4.69, 9.17) is 19.6 Å². The Morgan fingerprint density at radius 1 is 1.20 bits per heavy atom. The van der Waals surface area contributed by atoms with Gasteiger partial charge in [0.1, 0.15) is 0 Å².